The lowest BCUT2D eigenvalue weighted by Crippen LogP contribution is -2.51. The van der Waals surface area contributed by atoms with Gasteiger partial charge in [-0.1, -0.05) is 34.1 Å². The highest BCUT2D eigenvalue weighted by atomic mass is 79.9. The zero-order valence-electron chi connectivity index (χ0n) is 10.9. The van der Waals surface area contributed by atoms with Crippen molar-refractivity contribution in [2.45, 2.75) is 24.9 Å². The minimum Gasteiger partial charge on any atom is -0.479 e. The first-order valence-corrected chi connectivity index (χ1v) is 7.19. The highest BCUT2D eigenvalue weighted by molar-refractivity contribution is 9.10. The van der Waals surface area contributed by atoms with Gasteiger partial charge in [0.2, 0.25) is 5.91 Å². The number of carboxylic acids is 1. The summed E-state index contributed by atoms with van der Waals surface area (Å²) in [5.41, 5.74) is -0.791. The molecule has 20 heavy (non-hydrogen) atoms. The number of aliphatic hydroxyl groups is 1. The summed E-state index contributed by atoms with van der Waals surface area (Å²) in [6.45, 7) is 0.540. The third-order valence-electron chi connectivity index (χ3n) is 3.64. The van der Waals surface area contributed by atoms with Gasteiger partial charge in [0.15, 0.2) is 5.60 Å². The first-order valence-electron chi connectivity index (χ1n) is 6.39. The third-order valence-corrected chi connectivity index (χ3v) is 4.41. The summed E-state index contributed by atoms with van der Waals surface area (Å²) < 4.78 is 0.882. The van der Waals surface area contributed by atoms with Crippen LogP contribution in [0.5, 0.6) is 0 Å². The smallest absolute Gasteiger partial charge is 0.335 e. The second-order valence-corrected chi connectivity index (χ2v) is 5.84. The van der Waals surface area contributed by atoms with Gasteiger partial charge in [-0.05, 0) is 11.6 Å². The van der Waals surface area contributed by atoms with Crippen LogP contribution in [-0.4, -0.2) is 45.7 Å². The number of aliphatic carboxylic acids is 1. The van der Waals surface area contributed by atoms with Crippen LogP contribution >= 0.6 is 15.9 Å². The van der Waals surface area contributed by atoms with E-state index in [1.54, 1.807) is 4.90 Å². The first-order chi connectivity index (χ1) is 9.42. The lowest BCUT2D eigenvalue weighted by Gasteiger charge is -2.35. The molecular formula is C14H16BrNO4. The lowest BCUT2D eigenvalue weighted by atomic mass is 9.91. The molecule has 5 nitrogen and oxygen atoms in total. The van der Waals surface area contributed by atoms with E-state index < -0.39 is 11.6 Å². The third kappa shape index (κ3) is 3.19. The minimum absolute atomic E-state index is 0.0515. The Labute approximate surface area is 125 Å². The summed E-state index contributed by atoms with van der Waals surface area (Å²) >= 11 is 3.40. The number of carbonyl (C=O) groups excluding carboxylic acids is 1. The van der Waals surface area contributed by atoms with Gasteiger partial charge in [0, 0.05) is 30.4 Å². The van der Waals surface area contributed by atoms with E-state index in [0.29, 0.717) is 0 Å². The molecule has 0 bridgehead atoms. The molecule has 108 valence electrons. The number of hydrogen-bond donors (Lipinski definition) is 2. The predicted octanol–water partition coefficient (Wildman–Crippen LogP) is 1.43. The van der Waals surface area contributed by atoms with Crippen molar-refractivity contribution < 1.29 is 19.8 Å². The summed E-state index contributed by atoms with van der Waals surface area (Å²) in [5, 5.41) is 18.8. The van der Waals surface area contributed by atoms with Crippen LogP contribution < -0.4 is 0 Å². The van der Waals surface area contributed by atoms with Crippen LogP contribution in [0.3, 0.4) is 0 Å². The van der Waals surface area contributed by atoms with Crippen LogP contribution in [0.15, 0.2) is 28.7 Å². The molecule has 0 atom stereocenters. The number of hydrogen-bond acceptors (Lipinski definition) is 3. The number of likely N-dealkylation sites (tertiary alicyclic amines) is 1. The maximum Gasteiger partial charge on any atom is 0.335 e. The number of benzene rings is 1. The van der Waals surface area contributed by atoms with Gasteiger partial charge < -0.3 is 15.1 Å². The van der Waals surface area contributed by atoms with Gasteiger partial charge in [-0.25, -0.2) is 4.79 Å². The predicted molar refractivity (Wildman–Crippen MR) is 76.2 cm³/mol. The Morgan fingerprint density at radius 3 is 2.40 bits per heavy atom. The molecule has 0 radical (unpaired) electrons. The Hall–Kier alpha value is -1.40. The fourth-order valence-electron chi connectivity index (χ4n) is 2.26. The number of nitrogens with zero attached hydrogens (tertiary/aromatic N) is 1. The van der Waals surface area contributed by atoms with Crippen molar-refractivity contribution in [1.29, 1.82) is 0 Å². The number of carbonyl (C=O) groups is 2. The summed E-state index contributed by atoms with van der Waals surface area (Å²) in [4.78, 5) is 24.7. The lowest BCUT2D eigenvalue weighted by molar-refractivity contribution is -0.165. The van der Waals surface area contributed by atoms with E-state index in [2.05, 4.69) is 15.9 Å². The largest absolute Gasteiger partial charge is 0.479 e. The second kappa shape index (κ2) is 5.93. The standard InChI is InChI=1S/C14H16BrNO4/c15-11-4-2-1-3-10(11)9-12(17)16-7-5-14(20,6-8-16)13(18)19/h1-4,20H,5-9H2,(H,18,19). The molecule has 1 heterocycles. The van der Waals surface area contributed by atoms with E-state index in [1.165, 1.54) is 0 Å². The number of carboxylic acid groups (broad SMARTS) is 1. The van der Waals surface area contributed by atoms with Gasteiger partial charge in [0.25, 0.3) is 0 Å². The van der Waals surface area contributed by atoms with Gasteiger partial charge in [0.1, 0.15) is 0 Å². The zero-order chi connectivity index (χ0) is 14.8. The Balaban J connectivity index is 1.96. The fourth-order valence-corrected chi connectivity index (χ4v) is 2.68. The maximum absolute atomic E-state index is 12.2. The molecule has 0 unspecified atom stereocenters. The monoisotopic (exact) mass is 341 g/mol. The summed E-state index contributed by atoms with van der Waals surface area (Å²) in [5.74, 6) is -1.26. The topological polar surface area (TPSA) is 77.8 Å². The minimum atomic E-state index is -1.69. The maximum atomic E-state index is 12.2. The van der Waals surface area contributed by atoms with Crippen molar-refractivity contribution in [3.05, 3.63) is 34.3 Å². The second-order valence-electron chi connectivity index (χ2n) is 4.99. The van der Waals surface area contributed by atoms with Crippen molar-refractivity contribution in [1.82, 2.24) is 4.90 Å². The molecule has 1 aliphatic heterocycles. The SMILES string of the molecule is O=C(Cc1ccccc1Br)N1CCC(O)(C(=O)O)CC1. The van der Waals surface area contributed by atoms with Crippen LogP contribution in [0.4, 0.5) is 0 Å². The molecule has 0 aromatic heterocycles. The van der Waals surface area contributed by atoms with Crippen molar-refractivity contribution >= 4 is 27.8 Å². The molecular weight excluding hydrogens is 326 g/mol. The first kappa shape index (κ1) is 15.0. The van der Waals surface area contributed by atoms with E-state index in [4.69, 9.17) is 5.11 Å². The van der Waals surface area contributed by atoms with Crippen LogP contribution in [0, 0.1) is 0 Å². The highest BCUT2D eigenvalue weighted by Gasteiger charge is 2.40. The van der Waals surface area contributed by atoms with Gasteiger partial charge in [-0.3, -0.25) is 4.79 Å². The molecule has 0 spiro atoms. The Kier molecular flexibility index (Phi) is 4.45. The van der Waals surface area contributed by atoms with E-state index in [9.17, 15) is 14.7 Å². The quantitative estimate of drug-likeness (QED) is 0.871. The van der Waals surface area contributed by atoms with Crippen molar-refractivity contribution in [3.8, 4) is 0 Å². The van der Waals surface area contributed by atoms with Crippen LogP contribution in [0.1, 0.15) is 18.4 Å². The fraction of sp³-hybridized carbons (Fsp3) is 0.429. The normalized spacial score (nSPS) is 17.8. The Bertz CT molecular complexity index is 524. The summed E-state index contributed by atoms with van der Waals surface area (Å²) in [7, 11) is 0. The molecule has 1 saturated heterocycles. The van der Waals surface area contributed by atoms with E-state index >= 15 is 0 Å². The number of amides is 1. The molecule has 0 aliphatic carbocycles. The van der Waals surface area contributed by atoms with Crippen molar-refractivity contribution in [3.63, 3.8) is 0 Å². The highest BCUT2D eigenvalue weighted by Crippen LogP contribution is 2.24. The van der Waals surface area contributed by atoms with Gasteiger partial charge >= 0.3 is 5.97 Å². The zero-order valence-corrected chi connectivity index (χ0v) is 12.5. The van der Waals surface area contributed by atoms with Gasteiger partial charge in [0.05, 0.1) is 6.42 Å². The molecule has 1 aromatic carbocycles. The molecule has 2 rings (SSSR count). The van der Waals surface area contributed by atoms with Crippen LogP contribution in [0.2, 0.25) is 0 Å². The summed E-state index contributed by atoms with van der Waals surface area (Å²) in [6.07, 6.45) is 0.418. The van der Waals surface area contributed by atoms with E-state index in [1.807, 2.05) is 24.3 Å². The van der Waals surface area contributed by atoms with Crippen molar-refractivity contribution in [2.24, 2.45) is 0 Å². The number of halogens is 1. The molecule has 1 aliphatic rings. The van der Waals surface area contributed by atoms with E-state index in [0.717, 1.165) is 10.0 Å². The van der Waals surface area contributed by atoms with Crippen molar-refractivity contribution in [2.75, 3.05) is 13.1 Å². The average Bonchev–Trinajstić information content (AvgIpc) is 2.42. The Morgan fingerprint density at radius 1 is 1.25 bits per heavy atom. The molecule has 6 heteroatoms. The molecule has 2 N–H and O–H groups in total. The molecule has 1 aromatic rings. The number of rotatable bonds is 3. The number of piperidine rings is 1. The van der Waals surface area contributed by atoms with Gasteiger partial charge in [-0.2, -0.15) is 0 Å². The Morgan fingerprint density at radius 2 is 1.85 bits per heavy atom. The van der Waals surface area contributed by atoms with Crippen LogP contribution in [-0.2, 0) is 16.0 Å². The summed E-state index contributed by atoms with van der Waals surface area (Å²) in [6, 6.07) is 7.50. The van der Waals surface area contributed by atoms with Crippen LogP contribution in [0.25, 0.3) is 0 Å². The average molecular weight is 342 g/mol. The van der Waals surface area contributed by atoms with E-state index in [-0.39, 0.29) is 38.3 Å². The van der Waals surface area contributed by atoms with Gasteiger partial charge in [-0.15, -0.1) is 0 Å². The molecule has 1 amide bonds. The molecule has 0 saturated carbocycles. The molecule has 1 fully saturated rings.